The van der Waals surface area contributed by atoms with E-state index >= 15 is 0 Å². The van der Waals surface area contributed by atoms with Crippen LogP contribution < -0.4 is 4.90 Å². The molecule has 2 fully saturated rings. The van der Waals surface area contributed by atoms with Crippen LogP contribution in [0.15, 0.2) is 24.3 Å². The van der Waals surface area contributed by atoms with Crippen molar-refractivity contribution >= 4 is 17.5 Å². The maximum atomic E-state index is 13.0. The van der Waals surface area contributed by atoms with Gasteiger partial charge in [-0.1, -0.05) is 18.2 Å². The van der Waals surface area contributed by atoms with Gasteiger partial charge in [-0.2, -0.15) is 0 Å². The van der Waals surface area contributed by atoms with Gasteiger partial charge in [0.2, 0.25) is 11.8 Å². The van der Waals surface area contributed by atoms with E-state index in [0.29, 0.717) is 12.5 Å². The molecule has 0 aliphatic carbocycles. The first-order valence-corrected chi connectivity index (χ1v) is 9.62. The summed E-state index contributed by atoms with van der Waals surface area (Å²) in [6, 6.07) is 8.54. The number of aryl methyl sites for hydroxylation is 1. The van der Waals surface area contributed by atoms with Crippen molar-refractivity contribution in [2.24, 2.45) is 0 Å². The number of carbonyl (C=O) groups excluding carboxylic acids is 2. The molecular formula is C20H27N3O2. The molecule has 134 valence electrons. The second-order valence-corrected chi connectivity index (χ2v) is 7.49. The van der Waals surface area contributed by atoms with E-state index in [2.05, 4.69) is 11.0 Å². The van der Waals surface area contributed by atoms with Crippen molar-refractivity contribution in [1.29, 1.82) is 0 Å². The molecule has 0 radical (unpaired) electrons. The number of benzene rings is 1. The van der Waals surface area contributed by atoms with Gasteiger partial charge < -0.3 is 9.80 Å². The van der Waals surface area contributed by atoms with E-state index in [1.165, 1.54) is 24.9 Å². The number of carbonyl (C=O) groups is 2. The van der Waals surface area contributed by atoms with Gasteiger partial charge in [0, 0.05) is 37.8 Å². The Morgan fingerprint density at radius 1 is 1.04 bits per heavy atom. The fraction of sp³-hybridized carbons (Fsp3) is 0.600. The Balaban J connectivity index is 1.50. The number of amides is 2. The van der Waals surface area contributed by atoms with Crippen LogP contribution in [-0.2, 0) is 16.0 Å². The third kappa shape index (κ3) is 3.43. The maximum Gasteiger partial charge on any atom is 0.242 e. The molecule has 3 aliphatic rings. The van der Waals surface area contributed by atoms with E-state index in [1.54, 1.807) is 4.90 Å². The third-order valence-electron chi connectivity index (χ3n) is 5.87. The highest BCUT2D eigenvalue weighted by Gasteiger charge is 2.32. The predicted octanol–water partition coefficient (Wildman–Crippen LogP) is 2.05. The predicted molar refractivity (Wildman–Crippen MR) is 97.5 cm³/mol. The molecule has 1 aromatic carbocycles. The largest absolute Gasteiger partial charge is 0.340 e. The standard InChI is InChI=1S/C20H27N3O2/c24-19-10-3-7-16-6-1-2-9-18(16)23(19)15-20(25)22-13-5-12-21-11-4-8-17(21)14-22/h1-2,6,9,17H,3-5,7-8,10-15H2. The topological polar surface area (TPSA) is 43.9 Å². The molecule has 1 unspecified atom stereocenters. The molecule has 4 rings (SSSR count). The third-order valence-corrected chi connectivity index (χ3v) is 5.87. The summed E-state index contributed by atoms with van der Waals surface area (Å²) in [5.74, 6) is 0.175. The van der Waals surface area contributed by atoms with E-state index in [0.717, 1.165) is 44.6 Å². The number of hydrogen-bond donors (Lipinski definition) is 0. The first-order chi connectivity index (χ1) is 12.2. The average Bonchev–Trinajstić information content (AvgIpc) is 2.87. The minimum absolute atomic E-state index is 0.0793. The normalized spacial score (nSPS) is 24.5. The summed E-state index contributed by atoms with van der Waals surface area (Å²) in [5.41, 5.74) is 2.11. The van der Waals surface area contributed by atoms with Crippen LogP contribution in [0, 0.1) is 0 Å². The van der Waals surface area contributed by atoms with Crippen LogP contribution in [0.1, 0.15) is 37.7 Å². The molecule has 2 saturated heterocycles. The molecule has 2 amide bonds. The lowest BCUT2D eigenvalue weighted by Gasteiger charge is -2.29. The molecule has 5 heteroatoms. The van der Waals surface area contributed by atoms with Crippen LogP contribution in [0.25, 0.3) is 0 Å². The first-order valence-electron chi connectivity index (χ1n) is 9.62. The van der Waals surface area contributed by atoms with Crippen molar-refractivity contribution in [2.45, 2.75) is 44.6 Å². The Bertz CT molecular complexity index is 660. The molecule has 0 N–H and O–H groups in total. The number of anilines is 1. The van der Waals surface area contributed by atoms with Crippen molar-refractivity contribution in [3.8, 4) is 0 Å². The summed E-state index contributed by atoms with van der Waals surface area (Å²) < 4.78 is 0. The molecule has 0 aromatic heterocycles. The van der Waals surface area contributed by atoms with Gasteiger partial charge in [-0.25, -0.2) is 0 Å². The van der Waals surface area contributed by atoms with E-state index in [9.17, 15) is 9.59 Å². The van der Waals surface area contributed by atoms with E-state index in [-0.39, 0.29) is 18.4 Å². The summed E-state index contributed by atoms with van der Waals surface area (Å²) in [5, 5.41) is 0. The van der Waals surface area contributed by atoms with E-state index in [4.69, 9.17) is 0 Å². The number of fused-ring (bicyclic) bond motifs is 2. The molecule has 3 aliphatic heterocycles. The average molecular weight is 341 g/mol. The van der Waals surface area contributed by atoms with Crippen LogP contribution in [0.3, 0.4) is 0 Å². The molecule has 5 nitrogen and oxygen atoms in total. The number of para-hydroxylation sites is 1. The fourth-order valence-corrected chi connectivity index (χ4v) is 4.53. The Morgan fingerprint density at radius 3 is 2.80 bits per heavy atom. The lowest BCUT2D eigenvalue weighted by Crippen LogP contribution is -2.46. The Kier molecular flexibility index (Phi) is 4.75. The molecular weight excluding hydrogens is 314 g/mol. The summed E-state index contributed by atoms with van der Waals surface area (Å²) in [4.78, 5) is 31.8. The van der Waals surface area contributed by atoms with Crippen LogP contribution in [-0.4, -0.2) is 60.4 Å². The quantitative estimate of drug-likeness (QED) is 0.827. The highest BCUT2D eigenvalue weighted by molar-refractivity contribution is 5.99. The SMILES string of the molecule is O=C(CN1C(=O)CCCc2ccccc21)N1CCCN2CCCC2C1. The van der Waals surface area contributed by atoms with Crippen LogP contribution >= 0.6 is 0 Å². The van der Waals surface area contributed by atoms with Crippen molar-refractivity contribution in [2.75, 3.05) is 37.6 Å². The molecule has 0 bridgehead atoms. The molecule has 0 spiro atoms. The summed E-state index contributed by atoms with van der Waals surface area (Å²) in [6.07, 6.45) is 5.76. The minimum atomic E-state index is 0.0793. The zero-order valence-corrected chi connectivity index (χ0v) is 14.8. The van der Waals surface area contributed by atoms with Gasteiger partial charge in [-0.15, -0.1) is 0 Å². The Labute approximate surface area is 149 Å². The van der Waals surface area contributed by atoms with Crippen molar-refractivity contribution in [3.05, 3.63) is 29.8 Å². The fourth-order valence-electron chi connectivity index (χ4n) is 4.53. The number of rotatable bonds is 2. The Hall–Kier alpha value is -1.88. The van der Waals surface area contributed by atoms with Gasteiger partial charge in [-0.3, -0.25) is 14.5 Å². The van der Waals surface area contributed by atoms with Crippen LogP contribution in [0.4, 0.5) is 5.69 Å². The van der Waals surface area contributed by atoms with Gasteiger partial charge in [0.15, 0.2) is 0 Å². The number of nitrogens with zero attached hydrogens (tertiary/aromatic N) is 3. The van der Waals surface area contributed by atoms with Crippen molar-refractivity contribution in [3.63, 3.8) is 0 Å². The summed E-state index contributed by atoms with van der Waals surface area (Å²) in [7, 11) is 0. The monoisotopic (exact) mass is 341 g/mol. The number of hydrogen-bond acceptors (Lipinski definition) is 3. The van der Waals surface area contributed by atoms with Crippen LogP contribution in [0.2, 0.25) is 0 Å². The first kappa shape index (κ1) is 16.6. The zero-order chi connectivity index (χ0) is 17.2. The molecule has 3 heterocycles. The van der Waals surface area contributed by atoms with Gasteiger partial charge in [0.05, 0.1) is 0 Å². The van der Waals surface area contributed by atoms with Gasteiger partial charge in [-0.05, 0) is 50.3 Å². The Morgan fingerprint density at radius 2 is 1.88 bits per heavy atom. The molecule has 1 aromatic rings. The molecule has 0 saturated carbocycles. The van der Waals surface area contributed by atoms with Gasteiger partial charge in [0.1, 0.15) is 6.54 Å². The zero-order valence-electron chi connectivity index (χ0n) is 14.8. The van der Waals surface area contributed by atoms with E-state index in [1.807, 2.05) is 23.1 Å². The van der Waals surface area contributed by atoms with E-state index < -0.39 is 0 Å². The second-order valence-electron chi connectivity index (χ2n) is 7.49. The second kappa shape index (κ2) is 7.16. The van der Waals surface area contributed by atoms with Gasteiger partial charge in [0.25, 0.3) is 0 Å². The lowest BCUT2D eigenvalue weighted by atomic mass is 10.1. The summed E-state index contributed by atoms with van der Waals surface area (Å²) in [6.45, 7) is 4.09. The van der Waals surface area contributed by atoms with Crippen molar-refractivity contribution < 1.29 is 9.59 Å². The lowest BCUT2D eigenvalue weighted by molar-refractivity contribution is -0.131. The highest BCUT2D eigenvalue weighted by atomic mass is 16.2. The summed E-state index contributed by atoms with van der Waals surface area (Å²) >= 11 is 0. The van der Waals surface area contributed by atoms with Crippen molar-refractivity contribution in [1.82, 2.24) is 9.80 Å². The molecule has 1 atom stereocenters. The van der Waals surface area contributed by atoms with Crippen LogP contribution in [0.5, 0.6) is 0 Å². The molecule has 25 heavy (non-hydrogen) atoms. The smallest absolute Gasteiger partial charge is 0.242 e. The highest BCUT2D eigenvalue weighted by Crippen LogP contribution is 2.27. The maximum absolute atomic E-state index is 13.0. The minimum Gasteiger partial charge on any atom is -0.340 e. The van der Waals surface area contributed by atoms with Gasteiger partial charge >= 0.3 is 0 Å².